The summed E-state index contributed by atoms with van der Waals surface area (Å²) in [5, 5.41) is 10.0. The maximum atomic E-state index is 11.0. The molecular formula is C12H14N2O2. The lowest BCUT2D eigenvalue weighted by molar-refractivity contribution is 0.197. The molecule has 0 unspecified atom stereocenters. The molecule has 0 radical (unpaired) electrons. The summed E-state index contributed by atoms with van der Waals surface area (Å²) in [5.74, 6) is 0. The monoisotopic (exact) mass is 218 g/mol. The Morgan fingerprint density at radius 3 is 2.81 bits per heavy atom. The summed E-state index contributed by atoms with van der Waals surface area (Å²) < 4.78 is 1.24. The standard InChI is InChI=1S/C12H14N2O2/c1-8(13)6-9-7-14(12(15)16)11-5-3-2-4-10(9)11/h2-5,7-8H,6,13H2,1H3,(H,15,16)/t8-/m1/s1. The molecule has 0 saturated carbocycles. The Morgan fingerprint density at radius 1 is 1.50 bits per heavy atom. The summed E-state index contributed by atoms with van der Waals surface area (Å²) in [4.78, 5) is 11.0. The fourth-order valence-electron chi connectivity index (χ4n) is 1.92. The number of hydrogen-bond acceptors (Lipinski definition) is 2. The van der Waals surface area contributed by atoms with Gasteiger partial charge in [0.25, 0.3) is 0 Å². The average molecular weight is 218 g/mol. The van der Waals surface area contributed by atoms with Crippen LogP contribution in [0.4, 0.5) is 4.79 Å². The average Bonchev–Trinajstić information content (AvgIpc) is 2.57. The number of carbonyl (C=O) groups is 1. The molecule has 0 spiro atoms. The number of aromatic nitrogens is 1. The second-order valence-corrected chi connectivity index (χ2v) is 4.01. The SMILES string of the molecule is C[C@@H](N)Cc1cn(C(=O)O)c2ccccc12. The first kappa shape index (κ1) is 10.7. The normalized spacial score (nSPS) is 12.9. The Hall–Kier alpha value is -1.81. The molecule has 0 aliphatic carbocycles. The van der Waals surface area contributed by atoms with Gasteiger partial charge in [0.1, 0.15) is 0 Å². The van der Waals surface area contributed by atoms with Crippen LogP contribution in [0.25, 0.3) is 10.9 Å². The Morgan fingerprint density at radius 2 is 2.19 bits per heavy atom. The summed E-state index contributed by atoms with van der Waals surface area (Å²) in [6.45, 7) is 1.91. The van der Waals surface area contributed by atoms with Gasteiger partial charge in [-0.25, -0.2) is 4.79 Å². The Labute approximate surface area is 93.3 Å². The van der Waals surface area contributed by atoms with Crippen LogP contribution < -0.4 is 5.73 Å². The lowest BCUT2D eigenvalue weighted by Crippen LogP contribution is -2.17. The minimum atomic E-state index is -0.966. The van der Waals surface area contributed by atoms with Crippen molar-refractivity contribution in [3.63, 3.8) is 0 Å². The quantitative estimate of drug-likeness (QED) is 0.810. The van der Waals surface area contributed by atoms with Gasteiger partial charge < -0.3 is 10.8 Å². The summed E-state index contributed by atoms with van der Waals surface area (Å²) in [6, 6.07) is 7.48. The highest BCUT2D eigenvalue weighted by atomic mass is 16.4. The van der Waals surface area contributed by atoms with Crippen LogP contribution in [0.3, 0.4) is 0 Å². The first-order chi connectivity index (χ1) is 7.59. The summed E-state index contributed by atoms with van der Waals surface area (Å²) in [6.07, 6.45) is 1.36. The number of carboxylic acid groups (broad SMARTS) is 1. The molecule has 0 saturated heterocycles. The van der Waals surface area contributed by atoms with E-state index in [1.54, 1.807) is 12.3 Å². The highest BCUT2D eigenvalue weighted by molar-refractivity contribution is 5.91. The molecule has 4 heteroatoms. The van der Waals surface area contributed by atoms with E-state index in [9.17, 15) is 4.79 Å². The van der Waals surface area contributed by atoms with Gasteiger partial charge in [-0.2, -0.15) is 0 Å². The maximum Gasteiger partial charge on any atom is 0.416 e. The lowest BCUT2D eigenvalue weighted by Gasteiger charge is -2.02. The molecule has 0 aliphatic heterocycles. The number of hydrogen-bond donors (Lipinski definition) is 2. The molecule has 1 atom stereocenters. The minimum absolute atomic E-state index is 0.0213. The predicted molar refractivity (Wildman–Crippen MR) is 62.7 cm³/mol. The second kappa shape index (κ2) is 3.98. The molecule has 2 aromatic rings. The van der Waals surface area contributed by atoms with Crippen LogP contribution in [0.15, 0.2) is 30.5 Å². The number of nitrogens with zero attached hydrogens (tertiary/aromatic N) is 1. The van der Waals surface area contributed by atoms with Gasteiger partial charge in [-0.15, -0.1) is 0 Å². The predicted octanol–water partition coefficient (Wildman–Crippen LogP) is 2.06. The van der Waals surface area contributed by atoms with Gasteiger partial charge >= 0.3 is 6.09 Å². The number of nitrogens with two attached hydrogens (primary N) is 1. The summed E-state index contributed by atoms with van der Waals surface area (Å²) in [5.41, 5.74) is 7.44. The van der Waals surface area contributed by atoms with Crippen LogP contribution in [-0.2, 0) is 6.42 Å². The van der Waals surface area contributed by atoms with Crippen LogP contribution in [-0.4, -0.2) is 21.8 Å². The Balaban J connectivity index is 2.62. The van der Waals surface area contributed by atoms with Gasteiger partial charge in [0.05, 0.1) is 5.52 Å². The molecular weight excluding hydrogens is 204 g/mol. The van der Waals surface area contributed by atoms with Crippen molar-refractivity contribution < 1.29 is 9.90 Å². The van der Waals surface area contributed by atoms with Gasteiger partial charge in [0.15, 0.2) is 0 Å². The van der Waals surface area contributed by atoms with Crippen LogP contribution in [0.1, 0.15) is 12.5 Å². The highest BCUT2D eigenvalue weighted by Crippen LogP contribution is 2.22. The van der Waals surface area contributed by atoms with Gasteiger partial charge in [-0.1, -0.05) is 18.2 Å². The zero-order valence-electron chi connectivity index (χ0n) is 9.05. The molecule has 4 nitrogen and oxygen atoms in total. The van der Waals surface area contributed by atoms with Gasteiger partial charge in [0.2, 0.25) is 0 Å². The third-order valence-electron chi connectivity index (χ3n) is 2.54. The van der Waals surface area contributed by atoms with Crippen molar-refractivity contribution in [1.82, 2.24) is 4.57 Å². The number of para-hydroxylation sites is 1. The van der Waals surface area contributed by atoms with E-state index in [1.165, 1.54) is 4.57 Å². The number of fused-ring (bicyclic) bond motifs is 1. The molecule has 1 aromatic carbocycles. The van der Waals surface area contributed by atoms with Crippen molar-refractivity contribution in [1.29, 1.82) is 0 Å². The Bertz CT molecular complexity index is 529. The topological polar surface area (TPSA) is 68.2 Å². The first-order valence-corrected chi connectivity index (χ1v) is 5.17. The van der Waals surface area contributed by atoms with Crippen molar-refractivity contribution >= 4 is 17.0 Å². The minimum Gasteiger partial charge on any atom is -0.464 e. The van der Waals surface area contributed by atoms with Gasteiger partial charge in [0, 0.05) is 17.6 Å². The maximum absolute atomic E-state index is 11.0. The second-order valence-electron chi connectivity index (χ2n) is 4.01. The zero-order chi connectivity index (χ0) is 11.7. The third-order valence-corrected chi connectivity index (χ3v) is 2.54. The van der Waals surface area contributed by atoms with E-state index in [4.69, 9.17) is 10.8 Å². The van der Waals surface area contributed by atoms with Crippen molar-refractivity contribution in [3.8, 4) is 0 Å². The van der Waals surface area contributed by atoms with E-state index >= 15 is 0 Å². The van der Waals surface area contributed by atoms with Crippen LogP contribution in [0.2, 0.25) is 0 Å². The van der Waals surface area contributed by atoms with Gasteiger partial charge in [-0.05, 0) is 25.0 Å². The molecule has 0 amide bonds. The molecule has 2 rings (SSSR count). The fraction of sp³-hybridized carbons (Fsp3) is 0.250. The molecule has 3 N–H and O–H groups in total. The van der Waals surface area contributed by atoms with E-state index in [0.29, 0.717) is 11.9 Å². The van der Waals surface area contributed by atoms with Crippen LogP contribution >= 0.6 is 0 Å². The molecule has 0 bridgehead atoms. The molecule has 84 valence electrons. The van der Waals surface area contributed by atoms with Crippen LogP contribution in [0, 0.1) is 0 Å². The molecule has 1 aromatic heterocycles. The molecule has 16 heavy (non-hydrogen) atoms. The lowest BCUT2D eigenvalue weighted by atomic mass is 10.1. The van der Waals surface area contributed by atoms with Crippen molar-refractivity contribution in [2.75, 3.05) is 0 Å². The van der Waals surface area contributed by atoms with Gasteiger partial charge in [-0.3, -0.25) is 4.57 Å². The van der Waals surface area contributed by atoms with Crippen molar-refractivity contribution in [2.45, 2.75) is 19.4 Å². The van der Waals surface area contributed by atoms with E-state index in [0.717, 1.165) is 10.9 Å². The van der Waals surface area contributed by atoms with E-state index in [-0.39, 0.29) is 6.04 Å². The third kappa shape index (κ3) is 1.79. The molecule has 0 aliphatic rings. The fourth-order valence-corrected chi connectivity index (χ4v) is 1.92. The van der Waals surface area contributed by atoms with E-state index < -0.39 is 6.09 Å². The number of benzene rings is 1. The van der Waals surface area contributed by atoms with E-state index in [1.807, 2.05) is 25.1 Å². The first-order valence-electron chi connectivity index (χ1n) is 5.17. The summed E-state index contributed by atoms with van der Waals surface area (Å²) >= 11 is 0. The molecule has 0 fully saturated rings. The largest absolute Gasteiger partial charge is 0.464 e. The highest BCUT2D eigenvalue weighted by Gasteiger charge is 2.12. The van der Waals surface area contributed by atoms with Crippen molar-refractivity contribution in [3.05, 3.63) is 36.0 Å². The smallest absolute Gasteiger partial charge is 0.416 e. The van der Waals surface area contributed by atoms with Crippen LogP contribution in [0.5, 0.6) is 0 Å². The molecule has 1 heterocycles. The van der Waals surface area contributed by atoms with Crippen molar-refractivity contribution in [2.24, 2.45) is 5.73 Å². The van der Waals surface area contributed by atoms with E-state index in [2.05, 4.69) is 0 Å². The summed E-state index contributed by atoms with van der Waals surface area (Å²) in [7, 11) is 0. The number of rotatable bonds is 2. The Kier molecular flexibility index (Phi) is 2.66. The zero-order valence-corrected chi connectivity index (χ0v) is 9.05.